The normalized spacial score (nSPS) is 20.4. The lowest BCUT2D eigenvalue weighted by molar-refractivity contribution is 0.0699. The van der Waals surface area contributed by atoms with Gasteiger partial charge in [-0.05, 0) is 19.1 Å². The summed E-state index contributed by atoms with van der Waals surface area (Å²) in [5.74, 6) is -2.18. The van der Waals surface area contributed by atoms with Crippen LogP contribution in [0.1, 0.15) is 17.3 Å². The van der Waals surface area contributed by atoms with E-state index in [1.807, 2.05) is 6.92 Å². The molecule has 0 spiro atoms. The number of rotatable bonds is 1. The average molecular weight is 240 g/mol. The van der Waals surface area contributed by atoms with Crippen molar-refractivity contribution in [3.8, 4) is 0 Å². The van der Waals surface area contributed by atoms with Gasteiger partial charge in [0.05, 0.1) is 0 Å². The van der Waals surface area contributed by atoms with Crippen LogP contribution in [0.5, 0.6) is 0 Å². The molecule has 1 heterocycles. The van der Waals surface area contributed by atoms with Crippen molar-refractivity contribution in [2.24, 2.45) is 0 Å². The van der Waals surface area contributed by atoms with E-state index in [2.05, 4.69) is 5.32 Å². The van der Waals surface area contributed by atoms with Gasteiger partial charge in [0.2, 0.25) is 0 Å². The van der Waals surface area contributed by atoms with E-state index in [4.69, 9.17) is 0 Å². The number of carbonyl (C=O) groups is 1. The highest BCUT2D eigenvalue weighted by Crippen LogP contribution is 2.15. The molecule has 1 atom stereocenters. The average Bonchev–Trinajstić information content (AvgIpc) is 2.28. The Morgan fingerprint density at radius 3 is 2.65 bits per heavy atom. The molecule has 2 rings (SSSR count). The van der Waals surface area contributed by atoms with Crippen molar-refractivity contribution in [3.05, 3.63) is 35.4 Å². The summed E-state index contributed by atoms with van der Waals surface area (Å²) in [6.07, 6.45) is 0. The van der Waals surface area contributed by atoms with E-state index in [0.29, 0.717) is 19.6 Å². The molecule has 1 aliphatic heterocycles. The van der Waals surface area contributed by atoms with Crippen LogP contribution in [0.4, 0.5) is 8.78 Å². The summed E-state index contributed by atoms with van der Waals surface area (Å²) in [4.78, 5) is 13.5. The predicted molar refractivity (Wildman–Crippen MR) is 59.7 cm³/mol. The molecule has 5 heteroatoms. The first-order chi connectivity index (χ1) is 8.09. The Kier molecular flexibility index (Phi) is 3.38. The van der Waals surface area contributed by atoms with Gasteiger partial charge >= 0.3 is 0 Å². The van der Waals surface area contributed by atoms with Crippen molar-refractivity contribution in [3.63, 3.8) is 0 Å². The third-order valence-corrected chi connectivity index (χ3v) is 2.83. The topological polar surface area (TPSA) is 32.3 Å². The quantitative estimate of drug-likeness (QED) is 0.804. The fourth-order valence-electron chi connectivity index (χ4n) is 1.98. The Labute approximate surface area is 98.4 Å². The minimum absolute atomic E-state index is 0.141. The Hall–Kier alpha value is -1.49. The SMILES string of the molecule is C[C@H]1CN(C(=O)c2c(F)cccc2F)CCN1. The van der Waals surface area contributed by atoms with Crippen LogP contribution in [-0.2, 0) is 0 Å². The number of piperazine rings is 1. The van der Waals surface area contributed by atoms with Crippen LogP contribution in [0.2, 0.25) is 0 Å². The van der Waals surface area contributed by atoms with E-state index < -0.39 is 23.1 Å². The van der Waals surface area contributed by atoms with E-state index in [9.17, 15) is 13.6 Å². The molecule has 1 saturated heterocycles. The zero-order valence-corrected chi connectivity index (χ0v) is 9.54. The van der Waals surface area contributed by atoms with Crippen molar-refractivity contribution in [1.29, 1.82) is 0 Å². The molecule has 1 N–H and O–H groups in total. The predicted octanol–water partition coefficient (Wildman–Crippen LogP) is 1.40. The van der Waals surface area contributed by atoms with Gasteiger partial charge in [0.15, 0.2) is 0 Å². The van der Waals surface area contributed by atoms with Gasteiger partial charge in [-0.25, -0.2) is 8.78 Å². The molecule has 1 aliphatic rings. The number of halogens is 2. The molecular weight excluding hydrogens is 226 g/mol. The maximum absolute atomic E-state index is 13.4. The molecule has 92 valence electrons. The number of hydrogen-bond acceptors (Lipinski definition) is 2. The minimum atomic E-state index is -0.804. The second-order valence-electron chi connectivity index (χ2n) is 4.20. The molecule has 1 fully saturated rings. The van der Waals surface area contributed by atoms with Gasteiger partial charge < -0.3 is 10.2 Å². The van der Waals surface area contributed by atoms with E-state index in [1.54, 1.807) is 0 Å². The fourth-order valence-corrected chi connectivity index (χ4v) is 1.98. The number of hydrogen-bond donors (Lipinski definition) is 1. The van der Waals surface area contributed by atoms with Gasteiger partial charge in [-0.15, -0.1) is 0 Å². The van der Waals surface area contributed by atoms with Crippen LogP contribution >= 0.6 is 0 Å². The Morgan fingerprint density at radius 1 is 1.41 bits per heavy atom. The van der Waals surface area contributed by atoms with E-state index in [-0.39, 0.29) is 6.04 Å². The third-order valence-electron chi connectivity index (χ3n) is 2.83. The van der Waals surface area contributed by atoms with Gasteiger partial charge in [0.1, 0.15) is 17.2 Å². The van der Waals surface area contributed by atoms with Gasteiger partial charge in [-0.1, -0.05) is 6.07 Å². The van der Waals surface area contributed by atoms with Crippen LogP contribution in [0, 0.1) is 11.6 Å². The smallest absolute Gasteiger partial charge is 0.259 e. The first-order valence-electron chi connectivity index (χ1n) is 5.56. The highest BCUT2D eigenvalue weighted by atomic mass is 19.1. The molecule has 0 bridgehead atoms. The summed E-state index contributed by atoms with van der Waals surface area (Å²) >= 11 is 0. The van der Waals surface area contributed by atoms with Crippen molar-refractivity contribution in [2.75, 3.05) is 19.6 Å². The molecular formula is C12H14F2N2O. The fraction of sp³-hybridized carbons (Fsp3) is 0.417. The van der Waals surface area contributed by atoms with Crippen LogP contribution in [0.3, 0.4) is 0 Å². The maximum atomic E-state index is 13.4. The van der Waals surface area contributed by atoms with Gasteiger partial charge in [-0.3, -0.25) is 4.79 Å². The lowest BCUT2D eigenvalue weighted by Gasteiger charge is -2.32. The second-order valence-corrected chi connectivity index (χ2v) is 4.20. The van der Waals surface area contributed by atoms with Crippen molar-refractivity contribution in [2.45, 2.75) is 13.0 Å². The molecule has 3 nitrogen and oxygen atoms in total. The summed E-state index contributed by atoms with van der Waals surface area (Å²) in [5.41, 5.74) is -0.457. The van der Waals surface area contributed by atoms with Gasteiger partial charge in [-0.2, -0.15) is 0 Å². The molecule has 0 aromatic heterocycles. The maximum Gasteiger partial charge on any atom is 0.259 e. The minimum Gasteiger partial charge on any atom is -0.336 e. The standard InChI is InChI=1S/C12H14F2N2O/c1-8-7-16(6-5-15-8)12(17)11-9(13)3-2-4-10(11)14/h2-4,8,15H,5-7H2,1H3/t8-/m0/s1. The number of nitrogens with zero attached hydrogens (tertiary/aromatic N) is 1. The Bertz CT molecular complexity index is 416. The monoisotopic (exact) mass is 240 g/mol. The second kappa shape index (κ2) is 4.79. The van der Waals surface area contributed by atoms with E-state index in [0.717, 1.165) is 12.1 Å². The van der Waals surface area contributed by atoms with Crippen LogP contribution in [0.25, 0.3) is 0 Å². The van der Waals surface area contributed by atoms with E-state index in [1.165, 1.54) is 11.0 Å². The molecule has 0 unspecified atom stereocenters. The molecule has 1 aromatic rings. The first kappa shape index (κ1) is 12.0. The lowest BCUT2D eigenvalue weighted by Crippen LogP contribution is -2.51. The third kappa shape index (κ3) is 2.44. The Balaban J connectivity index is 2.24. The van der Waals surface area contributed by atoms with Crippen LogP contribution < -0.4 is 5.32 Å². The molecule has 17 heavy (non-hydrogen) atoms. The van der Waals surface area contributed by atoms with Gasteiger partial charge in [0, 0.05) is 25.7 Å². The van der Waals surface area contributed by atoms with Crippen molar-refractivity contribution >= 4 is 5.91 Å². The highest BCUT2D eigenvalue weighted by molar-refractivity contribution is 5.94. The van der Waals surface area contributed by atoms with Crippen LogP contribution in [0.15, 0.2) is 18.2 Å². The summed E-state index contributed by atoms with van der Waals surface area (Å²) in [7, 11) is 0. The van der Waals surface area contributed by atoms with Crippen LogP contribution in [-0.4, -0.2) is 36.5 Å². The lowest BCUT2D eigenvalue weighted by atomic mass is 10.1. The number of amides is 1. The van der Waals surface area contributed by atoms with Gasteiger partial charge in [0.25, 0.3) is 5.91 Å². The molecule has 1 amide bonds. The number of benzene rings is 1. The first-order valence-corrected chi connectivity index (χ1v) is 5.56. The number of nitrogens with one attached hydrogen (secondary N) is 1. The summed E-state index contributed by atoms with van der Waals surface area (Å²) in [6.45, 7) is 3.50. The highest BCUT2D eigenvalue weighted by Gasteiger charge is 2.26. The Morgan fingerprint density at radius 2 is 2.06 bits per heavy atom. The van der Waals surface area contributed by atoms with Crippen molar-refractivity contribution < 1.29 is 13.6 Å². The summed E-state index contributed by atoms with van der Waals surface area (Å²) in [5, 5.41) is 3.17. The van der Waals surface area contributed by atoms with Crippen molar-refractivity contribution in [1.82, 2.24) is 10.2 Å². The summed E-state index contributed by atoms with van der Waals surface area (Å²) in [6, 6.07) is 3.59. The number of carbonyl (C=O) groups excluding carboxylic acids is 1. The zero-order valence-electron chi connectivity index (χ0n) is 9.54. The molecule has 0 radical (unpaired) electrons. The largest absolute Gasteiger partial charge is 0.336 e. The summed E-state index contributed by atoms with van der Waals surface area (Å²) < 4.78 is 26.9. The molecule has 0 aliphatic carbocycles. The molecule has 0 saturated carbocycles. The van der Waals surface area contributed by atoms with E-state index >= 15 is 0 Å². The zero-order chi connectivity index (χ0) is 12.4. The molecule has 1 aromatic carbocycles.